The third-order valence-electron chi connectivity index (χ3n) is 4.17. The number of amides is 1. The number of carbonyl (C=O) groups is 1. The predicted octanol–water partition coefficient (Wildman–Crippen LogP) is 3.54. The first kappa shape index (κ1) is 13.2. The molecule has 21 heavy (non-hydrogen) atoms. The lowest BCUT2D eigenvalue weighted by molar-refractivity contribution is 0.0792. The Hall–Kier alpha value is -1.43. The number of benzene rings is 1. The summed E-state index contributed by atoms with van der Waals surface area (Å²) < 4.78 is 3.76. The molecule has 0 bridgehead atoms. The van der Waals surface area contributed by atoms with Crippen molar-refractivity contribution in [2.24, 2.45) is 11.7 Å². The summed E-state index contributed by atoms with van der Waals surface area (Å²) in [6.45, 7) is 2.32. The summed E-state index contributed by atoms with van der Waals surface area (Å²) in [6.07, 6.45) is 1.03. The number of hydrogen-bond acceptors (Lipinski definition) is 4. The molecule has 1 amide bonds. The normalized spacial score (nSPS) is 18.9. The fourth-order valence-corrected chi connectivity index (χ4v) is 5.46. The molecule has 0 aliphatic carbocycles. The zero-order valence-corrected chi connectivity index (χ0v) is 13.2. The van der Waals surface area contributed by atoms with Crippen LogP contribution in [0.4, 0.5) is 0 Å². The maximum atomic E-state index is 12.6. The number of likely N-dealkylation sites (tertiary alicyclic amines) is 1. The SMILES string of the molecule is NCC1CCN(C(=O)c2cc3sc4ccccc4c3s2)C1. The second-order valence-electron chi connectivity index (χ2n) is 5.54. The average Bonchev–Trinajstić information content (AvgIpc) is 3.20. The number of fused-ring (bicyclic) bond motifs is 3. The molecule has 0 spiro atoms. The highest BCUT2D eigenvalue weighted by Crippen LogP contribution is 2.39. The van der Waals surface area contributed by atoms with Gasteiger partial charge in [-0.05, 0) is 31.0 Å². The summed E-state index contributed by atoms with van der Waals surface area (Å²) >= 11 is 3.39. The smallest absolute Gasteiger partial charge is 0.264 e. The van der Waals surface area contributed by atoms with Crippen LogP contribution < -0.4 is 5.73 Å². The first-order chi connectivity index (χ1) is 10.3. The summed E-state index contributed by atoms with van der Waals surface area (Å²) in [5, 5.41) is 1.27. The predicted molar refractivity (Wildman–Crippen MR) is 90.3 cm³/mol. The number of nitrogens with zero attached hydrogens (tertiary/aromatic N) is 1. The molecule has 5 heteroatoms. The molecule has 3 nitrogen and oxygen atoms in total. The van der Waals surface area contributed by atoms with Gasteiger partial charge in [0.2, 0.25) is 0 Å². The molecule has 1 aromatic carbocycles. The lowest BCUT2D eigenvalue weighted by Gasteiger charge is -2.14. The molecule has 0 saturated carbocycles. The van der Waals surface area contributed by atoms with Gasteiger partial charge < -0.3 is 10.6 Å². The van der Waals surface area contributed by atoms with Gasteiger partial charge in [-0.1, -0.05) is 18.2 Å². The molecular formula is C16H16N2OS2. The van der Waals surface area contributed by atoms with Gasteiger partial charge in [0, 0.05) is 27.9 Å². The Morgan fingerprint density at radius 3 is 2.95 bits per heavy atom. The van der Waals surface area contributed by atoms with E-state index in [0.29, 0.717) is 12.5 Å². The molecule has 1 saturated heterocycles. The number of nitrogens with two attached hydrogens (primary N) is 1. The Morgan fingerprint density at radius 1 is 1.29 bits per heavy atom. The van der Waals surface area contributed by atoms with E-state index in [4.69, 9.17) is 5.73 Å². The van der Waals surface area contributed by atoms with E-state index in [1.54, 1.807) is 22.7 Å². The molecule has 3 aromatic rings. The Bertz CT molecular complexity index is 820. The zero-order chi connectivity index (χ0) is 14.4. The molecule has 1 aliphatic rings. The second kappa shape index (κ2) is 5.09. The maximum absolute atomic E-state index is 12.6. The van der Waals surface area contributed by atoms with E-state index >= 15 is 0 Å². The Labute approximate surface area is 131 Å². The Balaban J connectivity index is 1.69. The Morgan fingerprint density at radius 2 is 2.14 bits per heavy atom. The largest absolute Gasteiger partial charge is 0.338 e. The minimum absolute atomic E-state index is 0.170. The van der Waals surface area contributed by atoms with E-state index in [-0.39, 0.29) is 5.91 Å². The molecular weight excluding hydrogens is 300 g/mol. The van der Waals surface area contributed by atoms with Crippen LogP contribution in [0, 0.1) is 5.92 Å². The van der Waals surface area contributed by atoms with Crippen LogP contribution in [0.15, 0.2) is 30.3 Å². The standard InChI is InChI=1S/C16H16N2OS2/c17-8-10-5-6-18(9-10)16(19)14-7-13-15(21-14)11-3-1-2-4-12(11)20-13/h1-4,7,10H,5-6,8-9,17H2. The van der Waals surface area contributed by atoms with Gasteiger partial charge in [-0.3, -0.25) is 4.79 Å². The highest BCUT2D eigenvalue weighted by atomic mass is 32.1. The van der Waals surface area contributed by atoms with Gasteiger partial charge in [0.1, 0.15) is 0 Å². The molecule has 1 fully saturated rings. The van der Waals surface area contributed by atoms with Gasteiger partial charge in [0.05, 0.1) is 9.58 Å². The highest BCUT2D eigenvalue weighted by molar-refractivity contribution is 7.33. The third-order valence-corrected chi connectivity index (χ3v) is 6.57. The van der Waals surface area contributed by atoms with Gasteiger partial charge in [0.25, 0.3) is 5.91 Å². The van der Waals surface area contributed by atoms with E-state index in [2.05, 4.69) is 30.3 Å². The van der Waals surface area contributed by atoms with Crippen molar-refractivity contribution in [3.8, 4) is 0 Å². The third kappa shape index (κ3) is 2.16. The van der Waals surface area contributed by atoms with E-state index in [1.807, 2.05) is 4.90 Å². The monoisotopic (exact) mass is 316 g/mol. The highest BCUT2D eigenvalue weighted by Gasteiger charge is 2.27. The lowest BCUT2D eigenvalue weighted by Crippen LogP contribution is -2.29. The van der Waals surface area contributed by atoms with Crippen LogP contribution in [0.1, 0.15) is 16.1 Å². The number of rotatable bonds is 2. The van der Waals surface area contributed by atoms with Gasteiger partial charge >= 0.3 is 0 Å². The van der Waals surface area contributed by atoms with Crippen molar-refractivity contribution < 1.29 is 4.79 Å². The van der Waals surface area contributed by atoms with Crippen molar-refractivity contribution in [3.63, 3.8) is 0 Å². The van der Waals surface area contributed by atoms with Gasteiger partial charge in [-0.25, -0.2) is 0 Å². The Kier molecular flexibility index (Phi) is 3.21. The molecule has 4 rings (SSSR count). The van der Waals surface area contributed by atoms with Gasteiger partial charge in [-0.15, -0.1) is 22.7 Å². The summed E-state index contributed by atoms with van der Waals surface area (Å²) in [7, 11) is 0. The van der Waals surface area contributed by atoms with E-state index in [0.717, 1.165) is 24.4 Å². The van der Waals surface area contributed by atoms with E-state index in [1.165, 1.54) is 19.5 Å². The second-order valence-corrected chi connectivity index (χ2v) is 7.68. The summed E-state index contributed by atoms with van der Waals surface area (Å²) in [6, 6.07) is 10.5. The minimum atomic E-state index is 0.170. The van der Waals surface area contributed by atoms with Crippen LogP contribution in [-0.2, 0) is 0 Å². The number of carbonyl (C=O) groups excluding carboxylic acids is 1. The quantitative estimate of drug-likeness (QED) is 0.786. The van der Waals surface area contributed by atoms with Crippen molar-refractivity contribution >= 4 is 48.1 Å². The van der Waals surface area contributed by atoms with Crippen molar-refractivity contribution in [1.29, 1.82) is 0 Å². The van der Waals surface area contributed by atoms with E-state index < -0.39 is 0 Å². The minimum Gasteiger partial charge on any atom is -0.338 e. The summed E-state index contributed by atoms with van der Waals surface area (Å²) in [5.74, 6) is 0.638. The molecule has 1 aliphatic heterocycles. The molecule has 108 valence electrons. The summed E-state index contributed by atoms with van der Waals surface area (Å²) in [4.78, 5) is 15.4. The van der Waals surface area contributed by atoms with E-state index in [9.17, 15) is 4.79 Å². The van der Waals surface area contributed by atoms with Gasteiger partial charge in [-0.2, -0.15) is 0 Å². The fourth-order valence-electron chi connectivity index (χ4n) is 2.97. The van der Waals surface area contributed by atoms with Crippen LogP contribution in [0.2, 0.25) is 0 Å². The lowest BCUT2D eigenvalue weighted by atomic mass is 10.1. The van der Waals surface area contributed by atoms with Crippen molar-refractivity contribution in [2.45, 2.75) is 6.42 Å². The van der Waals surface area contributed by atoms with Crippen LogP contribution in [0.3, 0.4) is 0 Å². The molecule has 2 aromatic heterocycles. The summed E-state index contributed by atoms with van der Waals surface area (Å²) in [5.41, 5.74) is 5.71. The molecule has 0 radical (unpaired) electrons. The molecule has 2 N–H and O–H groups in total. The van der Waals surface area contributed by atoms with Crippen LogP contribution >= 0.6 is 22.7 Å². The molecule has 3 heterocycles. The average molecular weight is 316 g/mol. The zero-order valence-electron chi connectivity index (χ0n) is 11.5. The first-order valence-electron chi connectivity index (χ1n) is 7.16. The first-order valence-corrected chi connectivity index (χ1v) is 8.80. The number of thiophene rings is 2. The van der Waals surface area contributed by atoms with Crippen LogP contribution in [-0.4, -0.2) is 30.4 Å². The van der Waals surface area contributed by atoms with Crippen molar-refractivity contribution in [3.05, 3.63) is 35.2 Å². The van der Waals surface area contributed by atoms with Crippen LogP contribution in [0.25, 0.3) is 19.5 Å². The van der Waals surface area contributed by atoms with Crippen molar-refractivity contribution in [2.75, 3.05) is 19.6 Å². The topological polar surface area (TPSA) is 46.3 Å². The molecule has 1 unspecified atom stereocenters. The molecule has 1 atom stereocenters. The van der Waals surface area contributed by atoms with Crippen LogP contribution in [0.5, 0.6) is 0 Å². The van der Waals surface area contributed by atoms with Crippen molar-refractivity contribution in [1.82, 2.24) is 4.90 Å². The number of hydrogen-bond donors (Lipinski definition) is 1. The maximum Gasteiger partial charge on any atom is 0.264 e. The van der Waals surface area contributed by atoms with Gasteiger partial charge in [0.15, 0.2) is 0 Å². The fraction of sp³-hybridized carbons (Fsp3) is 0.312.